The van der Waals surface area contributed by atoms with Gasteiger partial charge in [0.25, 0.3) is 0 Å². The predicted molar refractivity (Wildman–Crippen MR) is 72.6 cm³/mol. The number of amides is 1. The number of allylic oxidation sites excluding steroid dienone is 2. The summed E-state index contributed by atoms with van der Waals surface area (Å²) in [6, 6.07) is 7.96. The molecule has 0 spiro atoms. The van der Waals surface area contributed by atoms with E-state index in [1.165, 1.54) is 0 Å². The highest BCUT2D eigenvalue weighted by Gasteiger charge is 2.35. The van der Waals surface area contributed by atoms with E-state index in [2.05, 4.69) is 4.99 Å². The van der Waals surface area contributed by atoms with Crippen molar-refractivity contribution < 1.29 is 4.79 Å². The molecule has 3 rings (SSSR count). The first-order valence-corrected chi connectivity index (χ1v) is 5.92. The van der Waals surface area contributed by atoms with Crippen LogP contribution >= 0.6 is 0 Å². The number of carbonyl (C=O) groups excluding carboxylic acids is 1. The van der Waals surface area contributed by atoms with Gasteiger partial charge in [0.2, 0.25) is 5.91 Å². The summed E-state index contributed by atoms with van der Waals surface area (Å²) in [4.78, 5) is 16.1. The average molecular weight is 238 g/mol. The lowest BCUT2D eigenvalue weighted by Gasteiger charge is -2.26. The number of fused-ring (bicyclic) bond motifs is 3. The number of carbonyl (C=O) groups is 1. The molecule has 0 radical (unpaired) electrons. The molecule has 0 saturated carbocycles. The summed E-state index contributed by atoms with van der Waals surface area (Å²) in [7, 11) is 0. The average Bonchev–Trinajstić information content (AvgIpc) is 2.68. The molecule has 1 amide bonds. The van der Waals surface area contributed by atoms with Crippen LogP contribution in [0.15, 0.2) is 47.0 Å². The van der Waals surface area contributed by atoms with Crippen LogP contribution < -0.4 is 5.73 Å². The van der Waals surface area contributed by atoms with Crippen LogP contribution in [0.3, 0.4) is 0 Å². The molecule has 2 aliphatic rings. The number of benzene rings is 1. The van der Waals surface area contributed by atoms with Gasteiger partial charge < -0.3 is 5.73 Å². The predicted octanol–water partition coefficient (Wildman–Crippen LogP) is 2.61. The lowest BCUT2D eigenvalue weighted by Crippen LogP contribution is -2.27. The Morgan fingerprint density at radius 2 is 2.00 bits per heavy atom. The highest BCUT2D eigenvalue weighted by atomic mass is 16.1. The molecule has 18 heavy (non-hydrogen) atoms. The molecule has 0 aromatic heterocycles. The molecule has 1 aromatic rings. The molecular formula is C15H14N2O. The second kappa shape index (κ2) is 3.42. The number of para-hydroxylation sites is 1. The van der Waals surface area contributed by atoms with E-state index in [1.807, 2.05) is 50.3 Å². The molecule has 2 N–H and O–H groups in total. The lowest BCUT2D eigenvalue weighted by molar-refractivity contribution is -0.114. The van der Waals surface area contributed by atoms with Crippen molar-refractivity contribution in [2.75, 3.05) is 0 Å². The Kier molecular flexibility index (Phi) is 2.08. The number of hydrogen-bond acceptors (Lipinski definition) is 2. The number of nitrogens with zero attached hydrogens (tertiary/aromatic N) is 1. The van der Waals surface area contributed by atoms with Gasteiger partial charge >= 0.3 is 0 Å². The summed E-state index contributed by atoms with van der Waals surface area (Å²) >= 11 is 0. The van der Waals surface area contributed by atoms with Gasteiger partial charge in [0, 0.05) is 22.1 Å². The minimum absolute atomic E-state index is 0.270. The van der Waals surface area contributed by atoms with Crippen LogP contribution in [0.25, 0.3) is 5.57 Å². The van der Waals surface area contributed by atoms with E-state index in [9.17, 15) is 4.79 Å². The zero-order valence-electron chi connectivity index (χ0n) is 10.4. The van der Waals surface area contributed by atoms with Crippen LogP contribution in [0, 0.1) is 5.41 Å². The fourth-order valence-corrected chi connectivity index (χ4v) is 2.54. The smallest absolute Gasteiger partial charge is 0.248 e. The number of hydrogen-bond donors (Lipinski definition) is 1. The highest BCUT2D eigenvalue weighted by molar-refractivity contribution is 6.33. The van der Waals surface area contributed by atoms with Crippen LogP contribution in [0.4, 0.5) is 5.69 Å². The monoisotopic (exact) mass is 238 g/mol. The van der Waals surface area contributed by atoms with Crippen molar-refractivity contribution in [1.29, 1.82) is 0 Å². The molecule has 3 heteroatoms. The SMILES string of the molecule is CC1(C)C=C(C(N)=O)C=C2C1=Nc1ccccc12. The van der Waals surface area contributed by atoms with Crippen LogP contribution in [-0.2, 0) is 4.79 Å². The van der Waals surface area contributed by atoms with Gasteiger partial charge in [-0.15, -0.1) is 0 Å². The molecule has 0 unspecified atom stereocenters. The maximum atomic E-state index is 11.4. The van der Waals surface area contributed by atoms with Crippen molar-refractivity contribution in [2.24, 2.45) is 16.1 Å². The first-order chi connectivity index (χ1) is 8.49. The van der Waals surface area contributed by atoms with Gasteiger partial charge in [0.05, 0.1) is 11.4 Å². The standard InChI is InChI=1S/C15H14N2O/c1-15(2)8-9(14(16)18)7-11-10-5-3-4-6-12(10)17-13(11)15/h3-8H,1-2H3,(H2,16,18). The van der Waals surface area contributed by atoms with E-state index in [-0.39, 0.29) is 11.3 Å². The summed E-state index contributed by atoms with van der Waals surface area (Å²) < 4.78 is 0. The molecule has 1 aliphatic heterocycles. The Balaban J connectivity index is 2.24. The summed E-state index contributed by atoms with van der Waals surface area (Å²) in [6.45, 7) is 4.10. The summed E-state index contributed by atoms with van der Waals surface area (Å²) in [6.07, 6.45) is 3.74. The van der Waals surface area contributed by atoms with Crippen molar-refractivity contribution in [2.45, 2.75) is 13.8 Å². The maximum Gasteiger partial charge on any atom is 0.248 e. The maximum absolute atomic E-state index is 11.4. The molecule has 0 bridgehead atoms. The Morgan fingerprint density at radius 1 is 1.28 bits per heavy atom. The molecule has 1 aliphatic carbocycles. The van der Waals surface area contributed by atoms with E-state index in [1.54, 1.807) is 0 Å². The van der Waals surface area contributed by atoms with Crippen molar-refractivity contribution >= 4 is 22.9 Å². The summed E-state index contributed by atoms with van der Waals surface area (Å²) in [5, 5.41) is 0. The van der Waals surface area contributed by atoms with Crippen LogP contribution in [0.1, 0.15) is 19.4 Å². The fourth-order valence-electron chi connectivity index (χ4n) is 2.54. The van der Waals surface area contributed by atoms with E-state index in [0.29, 0.717) is 5.57 Å². The number of nitrogens with two attached hydrogens (primary N) is 1. The number of primary amides is 1. The lowest BCUT2D eigenvalue weighted by atomic mass is 9.76. The van der Waals surface area contributed by atoms with E-state index >= 15 is 0 Å². The minimum Gasteiger partial charge on any atom is -0.366 e. The number of rotatable bonds is 1. The van der Waals surface area contributed by atoms with Crippen molar-refractivity contribution in [3.8, 4) is 0 Å². The molecule has 3 nitrogen and oxygen atoms in total. The Bertz CT molecular complexity index is 648. The normalized spacial score (nSPS) is 19.3. The molecule has 1 heterocycles. The second-order valence-electron chi connectivity index (χ2n) is 5.22. The third-order valence-electron chi connectivity index (χ3n) is 3.39. The molecule has 0 saturated heterocycles. The molecular weight excluding hydrogens is 224 g/mol. The molecule has 0 atom stereocenters. The topological polar surface area (TPSA) is 55.5 Å². The summed E-state index contributed by atoms with van der Waals surface area (Å²) in [5.41, 5.74) is 9.76. The third kappa shape index (κ3) is 1.44. The molecule has 1 aromatic carbocycles. The Morgan fingerprint density at radius 3 is 2.72 bits per heavy atom. The van der Waals surface area contributed by atoms with Crippen LogP contribution in [-0.4, -0.2) is 11.6 Å². The van der Waals surface area contributed by atoms with Crippen molar-refractivity contribution in [3.63, 3.8) is 0 Å². The Hall–Kier alpha value is -2.16. The van der Waals surface area contributed by atoms with Gasteiger partial charge in [-0.3, -0.25) is 9.79 Å². The first-order valence-electron chi connectivity index (χ1n) is 5.92. The highest BCUT2D eigenvalue weighted by Crippen LogP contribution is 2.44. The van der Waals surface area contributed by atoms with Crippen LogP contribution in [0.5, 0.6) is 0 Å². The fraction of sp³-hybridized carbons (Fsp3) is 0.200. The Labute approximate surface area is 106 Å². The van der Waals surface area contributed by atoms with Gasteiger partial charge in [0.1, 0.15) is 0 Å². The molecule has 0 fully saturated rings. The van der Waals surface area contributed by atoms with E-state index in [4.69, 9.17) is 5.73 Å². The van der Waals surface area contributed by atoms with Gasteiger partial charge in [-0.05, 0) is 12.1 Å². The second-order valence-corrected chi connectivity index (χ2v) is 5.22. The zero-order valence-corrected chi connectivity index (χ0v) is 10.4. The van der Waals surface area contributed by atoms with E-state index in [0.717, 1.165) is 22.5 Å². The van der Waals surface area contributed by atoms with Gasteiger partial charge in [-0.2, -0.15) is 0 Å². The van der Waals surface area contributed by atoms with E-state index < -0.39 is 0 Å². The van der Waals surface area contributed by atoms with Crippen LogP contribution in [0.2, 0.25) is 0 Å². The minimum atomic E-state index is -0.390. The largest absolute Gasteiger partial charge is 0.366 e. The zero-order chi connectivity index (χ0) is 12.9. The first kappa shape index (κ1) is 11.0. The molecule has 90 valence electrons. The van der Waals surface area contributed by atoms with Gasteiger partial charge in [-0.25, -0.2) is 0 Å². The quantitative estimate of drug-likeness (QED) is 0.803. The van der Waals surface area contributed by atoms with Gasteiger partial charge in [0.15, 0.2) is 0 Å². The van der Waals surface area contributed by atoms with Crippen molar-refractivity contribution in [3.05, 3.63) is 47.6 Å². The van der Waals surface area contributed by atoms with Crippen molar-refractivity contribution in [1.82, 2.24) is 0 Å². The third-order valence-corrected chi connectivity index (χ3v) is 3.39. The van der Waals surface area contributed by atoms with Gasteiger partial charge in [-0.1, -0.05) is 38.1 Å². The summed E-state index contributed by atoms with van der Waals surface area (Å²) in [5.74, 6) is -0.390. The number of aliphatic imine (C=N–C) groups is 1.